The molecule has 1 aliphatic heterocycles. The predicted octanol–water partition coefficient (Wildman–Crippen LogP) is 4.44. The highest BCUT2D eigenvalue weighted by atomic mass is 19.4. The number of hydrogen-bond donors (Lipinski definition) is 2. The molecule has 222 valence electrons. The van der Waals surface area contributed by atoms with Gasteiger partial charge in [-0.1, -0.05) is 37.5 Å². The number of imidazole rings is 1. The van der Waals surface area contributed by atoms with E-state index in [1.807, 2.05) is 47.0 Å². The van der Waals surface area contributed by atoms with Gasteiger partial charge in [0.2, 0.25) is 0 Å². The summed E-state index contributed by atoms with van der Waals surface area (Å²) in [6.45, 7) is 3.65. The van der Waals surface area contributed by atoms with Gasteiger partial charge in [-0.2, -0.15) is 26.3 Å². The van der Waals surface area contributed by atoms with Crippen molar-refractivity contribution in [1.82, 2.24) is 19.4 Å². The van der Waals surface area contributed by atoms with Crippen LogP contribution in [0.5, 0.6) is 0 Å². The molecule has 2 heterocycles. The topological polar surface area (TPSA) is 116 Å². The van der Waals surface area contributed by atoms with Crippen molar-refractivity contribution in [2.75, 3.05) is 26.2 Å². The Labute approximate surface area is 226 Å². The molecule has 9 nitrogen and oxygen atoms in total. The Bertz CT molecular complexity index is 1110. The molecule has 1 aromatic carbocycles. The number of amides is 1. The van der Waals surface area contributed by atoms with Gasteiger partial charge in [0.05, 0.1) is 5.56 Å². The summed E-state index contributed by atoms with van der Waals surface area (Å²) in [6.07, 6.45) is 0.297. The van der Waals surface area contributed by atoms with Crippen molar-refractivity contribution in [2.24, 2.45) is 7.05 Å². The SMILES string of the molecule is Cn1ccnc1-c1ccccc1C(=O)N1CCN(C2CCCCC2)CC1.O=C(O)C(F)(F)F.O=C(O)C(F)(F)F. The first-order valence-electron chi connectivity index (χ1n) is 12.3. The van der Waals surface area contributed by atoms with Gasteiger partial charge in [-0.05, 0) is 18.9 Å². The van der Waals surface area contributed by atoms with Crippen molar-refractivity contribution in [3.8, 4) is 11.4 Å². The first kappa shape index (κ1) is 32.6. The molecule has 1 saturated heterocycles. The van der Waals surface area contributed by atoms with Crippen LogP contribution in [0.1, 0.15) is 42.5 Å². The number of rotatable bonds is 3. The van der Waals surface area contributed by atoms with Crippen molar-refractivity contribution < 1.29 is 50.9 Å². The zero-order valence-corrected chi connectivity index (χ0v) is 21.6. The number of aryl methyl sites for hydroxylation is 1. The highest BCUT2D eigenvalue weighted by Gasteiger charge is 2.39. The van der Waals surface area contributed by atoms with Gasteiger partial charge in [-0.15, -0.1) is 0 Å². The largest absolute Gasteiger partial charge is 0.490 e. The number of carboxylic acids is 2. The minimum absolute atomic E-state index is 0.131. The second-order valence-electron chi connectivity index (χ2n) is 9.13. The number of nitrogens with zero attached hydrogens (tertiary/aromatic N) is 4. The number of aromatic nitrogens is 2. The zero-order valence-electron chi connectivity index (χ0n) is 21.6. The van der Waals surface area contributed by atoms with Gasteiger partial charge in [-0.3, -0.25) is 9.69 Å². The Morgan fingerprint density at radius 2 is 1.35 bits per heavy atom. The molecule has 2 aliphatic rings. The van der Waals surface area contributed by atoms with Crippen LogP contribution in [0.2, 0.25) is 0 Å². The smallest absolute Gasteiger partial charge is 0.475 e. The summed E-state index contributed by atoms with van der Waals surface area (Å²) in [7, 11) is 1.96. The number of alkyl halides is 6. The number of carbonyl (C=O) groups is 3. The number of hydrogen-bond acceptors (Lipinski definition) is 5. The van der Waals surface area contributed by atoms with E-state index in [4.69, 9.17) is 19.8 Å². The first-order chi connectivity index (χ1) is 18.6. The van der Waals surface area contributed by atoms with E-state index in [1.165, 1.54) is 32.1 Å². The fourth-order valence-corrected chi connectivity index (χ4v) is 4.40. The van der Waals surface area contributed by atoms with Gasteiger partial charge in [0.1, 0.15) is 5.82 Å². The van der Waals surface area contributed by atoms with Gasteiger partial charge in [0.25, 0.3) is 5.91 Å². The highest BCUT2D eigenvalue weighted by molar-refractivity contribution is 6.00. The minimum atomic E-state index is -5.08. The van der Waals surface area contributed by atoms with E-state index in [0.29, 0.717) is 0 Å². The third-order valence-corrected chi connectivity index (χ3v) is 6.40. The molecule has 1 saturated carbocycles. The molecule has 1 aliphatic carbocycles. The lowest BCUT2D eigenvalue weighted by Gasteiger charge is -2.40. The van der Waals surface area contributed by atoms with E-state index in [0.717, 1.165) is 49.2 Å². The van der Waals surface area contributed by atoms with Crippen molar-refractivity contribution >= 4 is 17.8 Å². The monoisotopic (exact) mass is 580 g/mol. The van der Waals surface area contributed by atoms with Crippen LogP contribution < -0.4 is 0 Å². The number of piperazine rings is 1. The standard InChI is InChI=1S/C21H28N4O.2C2HF3O2/c1-23-12-11-22-20(23)18-9-5-6-10-19(18)21(26)25-15-13-24(14-16-25)17-7-3-2-4-8-17;2*3-2(4,5)1(6)7/h5-6,9-12,17H,2-4,7-8,13-16H2,1H3;2*(H,6,7). The lowest BCUT2D eigenvalue weighted by atomic mass is 9.94. The van der Waals surface area contributed by atoms with Crippen LogP contribution >= 0.6 is 0 Å². The number of halogens is 6. The highest BCUT2D eigenvalue weighted by Crippen LogP contribution is 2.26. The molecule has 0 radical (unpaired) electrons. The lowest BCUT2D eigenvalue weighted by molar-refractivity contribution is -0.193. The maximum absolute atomic E-state index is 13.2. The summed E-state index contributed by atoms with van der Waals surface area (Å²) < 4.78 is 65.4. The van der Waals surface area contributed by atoms with Crippen molar-refractivity contribution in [1.29, 1.82) is 0 Å². The van der Waals surface area contributed by atoms with Gasteiger partial charge in [0, 0.05) is 57.2 Å². The third kappa shape index (κ3) is 9.54. The van der Waals surface area contributed by atoms with Crippen LogP contribution in [0.25, 0.3) is 11.4 Å². The Morgan fingerprint density at radius 1 is 0.850 bits per heavy atom. The van der Waals surface area contributed by atoms with Crippen LogP contribution in [0.15, 0.2) is 36.7 Å². The van der Waals surface area contributed by atoms with Gasteiger partial charge in [-0.25, -0.2) is 14.6 Å². The Kier molecular flexibility index (Phi) is 11.5. The molecule has 4 rings (SSSR count). The normalized spacial score (nSPS) is 16.7. The van der Waals surface area contributed by atoms with E-state index in [2.05, 4.69) is 9.88 Å². The molecule has 2 aromatic rings. The maximum Gasteiger partial charge on any atom is 0.490 e. The molecule has 1 amide bonds. The molecule has 0 atom stereocenters. The third-order valence-electron chi connectivity index (χ3n) is 6.40. The fourth-order valence-electron chi connectivity index (χ4n) is 4.40. The van der Waals surface area contributed by atoms with Crippen LogP contribution in [-0.4, -0.2) is 92.0 Å². The number of benzene rings is 1. The van der Waals surface area contributed by atoms with Gasteiger partial charge >= 0.3 is 24.3 Å². The second-order valence-corrected chi connectivity index (χ2v) is 9.13. The van der Waals surface area contributed by atoms with E-state index in [1.54, 1.807) is 6.20 Å². The average molecular weight is 581 g/mol. The number of carbonyl (C=O) groups excluding carboxylic acids is 1. The summed E-state index contributed by atoms with van der Waals surface area (Å²) in [4.78, 5) is 40.0. The second kappa shape index (κ2) is 14.1. The Balaban J connectivity index is 0.000000333. The fraction of sp³-hybridized carbons (Fsp3) is 0.520. The van der Waals surface area contributed by atoms with Crippen molar-refractivity contribution in [3.05, 3.63) is 42.2 Å². The predicted molar refractivity (Wildman–Crippen MR) is 130 cm³/mol. The Hall–Kier alpha value is -3.62. The van der Waals surface area contributed by atoms with E-state index in [9.17, 15) is 31.1 Å². The summed E-state index contributed by atoms with van der Waals surface area (Å²) in [5, 5.41) is 14.2. The van der Waals surface area contributed by atoms with Crippen LogP contribution in [0.4, 0.5) is 26.3 Å². The quantitative estimate of drug-likeness (QED) is 0.516. The van der Waals surface area contributed by atoms with Crippen molar-refractivity contribution in [2.45, 2.75) is 50.5 Å². The maximum atomic E-state index is 13.2. The number of aliphatic carboxylic acids is 2. The molecule has 0 bridgehead atoms. The van der Waals surface area contributed by atoms with E-state index >= 15 is 0 Å². The molecule has 2 fully saturated rings. The summed E-state index contributed by atoms with van der Waals surface area (Å²) in [5.74, 6) is -4.54. The molecule has 15 heteroatoms. The first-order valence-corrected chi connectivity index (χ1v) is 12.3. The lowest BCUT2D eigenvalue weighted by Crippen LogP contribution is -2.52. The molecule has 2 N–H and O–H groups in total. The van der Waals surface area contributed by atoms with Crippen molar-refractivity contribution in [3.63, 3.8) is 0 Å². The van der Waals surface area contributed by atoms with E-state index < -0.39 is 24.3 Å². The Morgan fingerprint density at radius 3 is 1.80 bits per heavy atom. The molecule has 40 heavy (non-hydrogen) atoms. The molecule has 0 spiro atoms. The number of carboxylic acid groups (broad SMARTS) is 2. The van der Waals surface area contributed by atoms with E-state index in [-0.39, 0.29) is 5.91 Å². The van der Waals surface area contributed by atoms with Crippen LogP contribution in [0, 0.1) is 0 Å². The van der Waals surface area contributed by atoms with Crippen LogP contribution in [0.3, 0.4) is 0 Å². The zero-order chi connectivity index (χ0) is 30.1. The summed E-state index contributed by atoms with van der Waals surface area (Å²) >= 11 is 0. The molecular formula is C25H30F6N4O5. The summed E-state index contributed by atoms with van der Waals surface area (Å²) in [5.41, 5.74) is 1.67. The minimum Gasteiger partial charge on any atom is -0.475 e. The molecular weight excluding hydrogens is 550 g/mol. The molecule has 0 unspecified atom stereocenters. The summed E-state index contributed by atoms with van der Waals surface area (Å²) in [6, 6.07) is 8.58. The van der Waals surface area contributed by atoms with Gasteiger partial charge in [0.15, 0.2) is 0 Å². The molecule has 1 aromatic heterocycles. The van der Waals surface area contributed by atoms with Crippen LogP contribution in [-0.2, 0) is 16.6 Å². The van der Waals surface area contributed by atoms with Gasteiger partial charge < -0.3 is 19.7 Å². The average Bonchev–Trinajstić information content (AvgIpc) is 3.34.